The third kappa shape index (κ3) is 1.36. The Morgan fingerprint density at radius 1 is 1.40 bits per heavy atom. The van der Waals surface area contributed by atoms with Crippen LogP contribution in [0.2, 0.25) is 0 Å². The van der Waals surface area contributed by atoms with Gasteiger partial charge in [-0.05, 0) is 30.5 Å². The zero-order valence-corrected chi connectivity index (χ0v) is 6.65. The predicted molar refractivity (Wildman–Crippen MR) is 43.1 cm³/mol. The van der Waals surface area contributed by atoms with Crippen molar-refractivity contribution in [2.45, 2.75) is 20.3 Å². The number of aryl methyl sites for hydroxylation is 2. The minimum absolute atomic E-state index is 1.11. The molecule has 0 fully saturated rings. The van der Waals surface area contributed by atoms with Gasteiger partial charge in [-0.15, -0.1) is 0 Å². The molecule has 1 aromatic carbocycles. The van der Waals surface area contributed by atoms with Gasteiger partial charge in [-0.25, -0.2) is 0 Å². The summed E-state index contributed by atoms with van der Waals surface area (Å²) in [6, 6.07) is 6.32. The smallest absolute Gasteiger partial charge is 0.128 e. The number of benzene rings is 1. The fourth-order valence-corrected chi connectivity index (χ4v) is 1.11. The molecule has 0 aliphatic rings. The molecule has 0 aliphatic carbocycles. The van der Waals surface area contributed by atoms with Crippen LogP contribution in [0.4, 0.5) is 5.69 Å². The lowest BCUT2D eigenvalue weighted by molar-refractivity contribution is -0.254. The second-order valence-corrected chi connectivity index (χ2v) is 2.61. The van der Waals surface area contributed by atoms with Crippen LogP contribution < -0.4 is 5.73 Å². The minimum atomic E-state index is 1.11. The van der Waals surface area contributed by atoms with Crippen LogP contribution in [0.5, 0.6) is 0 Å². The number of rotatable bonds is 1. The Balaban J connectivity index is 3.09. The number of hydrogen-bond acceptors (Lipinski definition) is 0. The zero-order chi connectivity index (χ0) is 7.56. The molecule has 1 nitrogen and oxygen atoms in total. The van der Waals surface area contributed by atoms with Gasteiger partial charge in [0.25, 0.3) is 0 Å². The van der Waals surface area contributed by atoms with Gasteiger partial charge in [0.1, 0.15) is 5.69 Å². The SMILES string of the molecule is CCc1cc([NH3+])ccc1C. The molecule has 0 bridgehead atoms. The molecular weight excluding hydrogens is 122 g/mol. The van der Waals surface area contributed by atoms with Crippen molar-refractivity contribution in [1.29, 1.82) is 0 Å². The lowest BCUT2D eigenvalue weighted by atomic mass is 10.1. The van der Waals surface area contributed by atoms with Crippen molar-refractivity contribution in [1.82, 2.24) is 0 Å². The van der Waals surface area contributed by atoms with Gasteiger partial charge in [-0.3, -0.25) is 0 Å². The Hall–Kier alpha value is -0.820. The highest BCUT2D eigenvalue weighted by Gasteiger charge is 1.96. The fraction of sp³-hybridized carbons (Fsp3) is 0.333. The maximum absolute atomic E-state index is 3.87. The average Bonchev–Trinajstić information content (AvgIpc) is 1.94. The molecule has 54 valence electrons. The first-order chi connectivity index (χ1) is 4.74. The third-order valence-corrected chi connectivity index (χ3v) is 1.79. The summed E-state index contributed by atoms with van der Waals surface area (Å²) < 4.78 is 0. The summed E-state index contributed by atoms with van der Waals surface area (Å²) >= 11 is 0. The van der Waals surface area contributed by atoms with Crippen molar-refractivity contribution >= 4 is 5.69 Å². The van der Waals surface area contributed by atoms with Crippen LogP contribution in [-0.4, -0.2) is 0 Å². The molecule has 3 N–H and O–H groups in total. The first kappa shape index (κ1) is 7.29. The van der Waals surface area contributed by atoms with Gasteiger partial charge < -0.3 is 5.73 Å². The van der Waals surface area contributed by atoms with E-state index in [1.54, 1.807) is 0 Å². The van der Waals surface area contributed by atoms with Gasteiger partial charge in [0, 0.05) is 6.07 Å². The van der Waals surface area contributed by atoms with Crippen molar-refractivity contribution in [2.24, 2.45) is 0 Å². The predicted octanol–water partition coefficient (Wildman–Crippen LogP) is 1.43. The quantitative estimate of drug-likeness (QED) is 0.605. The Labute approximate surface area is 61.9 Å². The maximum Gasteiger partial charge on any atom is 0.128 e. The van der Waals surface area contributed by atoms with Crippen molar-refractivity contribution in [2.75, 3.05) is 0 Å². The molecule has 1 heteroatoms. The Morgan fingerprint density at radius 2 is 2.10 bits per heavy atom. The van der Waals surface area contributed by atoms with E-state index in [-0.39, 0.29) is 0 Å². The normalized spacial score (nSPS) is 9.90. The molecule has 0 saturated carbocycles. The molecule has 1 aromatic rings. The second kappa shape index (κ2) is 2.84. The van der Waals surface area contributed by atoms with Gasteiger partial charge >= 0.3 is 0 Å². The van der Waals surface area contributed by atoms with Crippen LogP contribution in [-0.2, 0) is 6.42 Å². The van der Waals surface area contributed by atoms with E-state index in [0.717, 1.165) is 12.1 Å². The molecular formula is C9H14N+. The summed E-state index contributed by atoms with van der Waals surface area (Å²) in [5.41, 5.74) is 7.76. The van der Waals surface area contributed by atoms with E-state index >= 15 is 0 Å². The Bertz CT molecular complexity index is 228. The number of hydrogen-bond donors (Lipinski definition) is 1. The highest BCUT2D eigenvalue weighted by molar-refractivity contribution is 5.37. The van der Waals surface area contributed by atoms with E-state index in [9.17, 15) is 0 Å². The Kier molecular flexibility index (Phi) is 2.07. The molecule has 0 atom stereocenters. The standard InChI is InChI=1S/C9H13N/c1-3-8-6-9(10)5-4-7(8)2/h4-6H,3,10H2,1-2H3/p+1. The molecule has 0 radical (unpaired) electrons. The number of quaternary nitrogens is 1. The Morgan fingerprint density at radius 3 is 2.60 bits per heavy atom. The van der Waals surface area contributed by atoms with Crippen LogP contribution in [0.3, 0.4) is 0 Å². The lowest BCUT2D eigenvalue weighted by Crippen LogP contribution is -2.40. The van der Waals surface area contributed by atoms with E-state index in [4.69, 9.17) is 0 Å². The molecule has 0 spiro atoms. The molecule has 0 aliphatic heterocycles. The molecule has 0 aromatic heterocycles. The third-order valence-electron chi connectivity index (χ3n) is 1.79. The monoisotopic (exact) mass is 136 g/mol. The topological polar surface area (TPSA) is 27.6 Å². The van der Waals surface area contributed by atoms with E-state index in [2.05, 4.69) is 37.8 Å². The second-order valence-electron chi connectivity index (χ2n) is 2.61. The van der Waals surface area contributed by atoms with E-state index in [1.807, 2.05) is 0 Å². The van der Waals surface area contributed by atoms with Gasteiger partial charge in [0.15, 0.2) is 0 Å². The first-order valence-electron chi connectivity index (χ1n) is 3.65. The van der Waals surface area contributed by atoms with Crippen LogP contribution >= 0.6 is 0 Å². The fourth-order valence-electron chi connectivity index (χ4n) is 1.11. The van der Waals surface area contributed by atoms with Gasteiger partial charge in [0.05, 0.1) is 0 Å². The maximum atomic E-state index is 3.87. The largest absolute Gasteiger partial charge is 0.325 e. The molecule has 10 heavy (non-hydrogen) atoms. The minimum Gasteiger partial charge on any atom is -0.325 e. The molecule has 0 saturated heterocycles. The van der Waals surface area contributed by atoms with Gasteiger partial charge in [-0.1, -0.05) is 13.0 Å². The van der Waals surface area contributed by atoms with Gasteiger partial charge in [0.2, 0.25) is 0 Å². The van der Waals surface area contributed by atoms with E-state index < -0.39 is 0 Å². The summed E-state index contributed by atoms with van der Waals surface area (Å²) in [4.78, 5) is 0. The summed E-state index contributed by atoms with van der Waals surface area (Å²) in [6.45, 7) is 4.31. The lowest BCUT2D eigenvalue weighted by Gasteiger charge is -2.00. The van der Waals surface area contributed by atoms with Crippen molar-refractivity contribution in [3.63, 3.8) is 0 Å². The highest BCUT2D eigenvalue weighted by atomic mass is 14.5. The van der Waals surface area contributed by atoms with Crippen LogP contribution in [0.25, 0.3) is 0 Å². The van der Waals surface area contributed by atoms with Crippen LogP contribution in [0.15, 0.2) is 18.2 Å². The van der Waals surface area contributed by atoms with Crippen molar-refractivity contribution in [3.05, 3.63) is 29.3 Å². The highest BCUT2D eigenvalue weighted by Crippen LogP contribution is 2.11. The van der Waals surface area contributed by atoms with Crippen molar-refractivity contribution in [3.8, 4) is 0 Å². The molecule has 1 rings (SSSR count). The first-order valence-corrected chi connectivity index (χ1v) is 3.65. The zero-order valence-electron chi connectivity index (χ0n) is 6.65. The van der Waals surface area contributed by atoms with Crippen LogP contribution in [0, 0.1) is 6.92 Å². The van der Waals surface area contributed by atoms with E-state index in [0.29, 0.717) is 0 Å². The molecule has 0 heterocycles. The average molecular weight is 136 g/mol. The molecule has 0 unspecified atom stereocenters. The van der Waals surface area contributed by atoms with E-state index in [1.165, 1.54) is 11.1 Å². The van der Waals surface area contributed by atoms with Crippen molar-refractivity contribution < 1.29 is 5.73 Å². The summed E-state index contributed by atoms with van der Waals surface area (Å²) in [5.74, 6) is 0. The van der Waals surface area contributed by atoms with Crippen LogP contribution in [0.1, 0.15) is 18.1 Å². The molecule has 0 amide bonds. The summed E-state index contributed by atoms with van der Waals surface area (Å²) in [7, 11) is 0. The van der Waals surface area contributed by atoms with Gasteiger partial charge in [-0.2, -0.15) is 0 Å². The summed E-state index contributed by atoms with van der Waals surface area (Å²) in [6.07, 6.45) is 1.11. The summed E-state index contributed by atoms with van der Waals surface area (Å²) in [5, 5.41) is 0.